The van der Waals surface area contributed by atoms with E-state index in [2.05, 4.69) is 0 Å². The molecule has 0 spiro atoms. The van der Waals surface area contributed by atoms with E-state index in [1.807, 2.05) is 0 Å². The van der Waals surface area contributed by atoms with Crippen molar-refractivity contribution in [3.63, 3.8) is 0 Å². The lowest BCUT2D eigenvalue weighted by molar-refractivity contribution is -0.129. The first kappa shape index (κ1) is 11.5. The number of amides is 1. The third-order valence-corrected chi connectivity index (χ3v) is 2.77. The van der Waals surface area contributed by atoms with E-state index in [0.29, 0.717) is 0 Å². The molecule has 0 aliphatic carbocycles. The number of carbonyl (C=O) groups is 2. The van der Waals surface area contributed by atoms with Crippen molar-refractivity contribution in [2.45, 2.75) is 19.4 Å². The van der Waals surface area contributed by atoms with Crippen molar-refractivity contribution in [2.75, 3.05) is 0 Å². The maximum absolute atomic E-state index is 12.8. The van der Waals surface area contributed by atoms with E-state index in [1.165, 1.54) is 36.2 Å². The molecule has 0 bridgehead atoms. The highest BCUT2D eigenvalue weighted by Crippen LogP contribution is 2.28. The number of carbonyl (C=O) groups excluding carboxylic acids is 2. The van der Waals surface area contributed by atoms with Gasteiger partial charge >= 0.3 is 0 Å². The average molecular weight is 233 g/mol. The molecule has 0 saturated heterocycles. The smallest absolute Gasteiger partial charge is 0.223 e. The minimum Gasteiger partial charge on any atom is -0.311 e. The van der Waals surface area contributed by atoms with Gasteiger partial charge in [0.15, 0.2) is 5.78 Å². The van der Waals surface area contributed by atoms with Gasteiger partial charge in [0.2, 0.25) is 5.91 Å². The van der Waals surface area contributed by atoms with E-state index < -0.39 is 0 Å². The van der Waals surface area contributed by atoms with Crippen molar-refractivity contribution in [3.8, 4) is 0 Å². The number of halogens is 1. The quantitative estimate of drug-likeness (QED) is 0.745. The first-order valence-corrected chi connectivity index (χ1v) is 5.33. The molecule has 1 unspecified atom stereocenters. The van der Waals surface area contributed by atoms with Gasteiger partial charge in [0.05, 0.1) is 6.04 Å². The molecule has 1 aliphatic heterocycles. The largest absolute Gasteiger partial charge is 0.311 e. The number of hydrogen-bond acceptors (Lipinski definition) is 2. The minimum absolute atomic E-state index is 0.0307. The Morgan fingerprint density at radius 1 is 1.35 bits per heavy atom. The number of nitrogens with zero attached hydrogens (tertiary/aromatic N) is 1. The SMILES string of the molecule is CC(=O)N1C=CC(=O)CC1c1ccc(F)cc1. The predicted octanol–water partition coefficient (Wildman–Crippen LogP) is 2.20. The van der Waals surface area contributed by atoms with Gasteiger partial charge in [-0.2, -0.15) is 0 Å². The van der Waals surface area contributed by atoms with Crippen LogP contribution in [0.1, 0.15) is 24.9 Å². The third-order valence-electron chi connectivity index (χ3n) is 2.77. The summed E-state index contributed by atoms with van der Waals surface area (Å²) in [5, 5.41) is 0. The number of benzene rings is 1. The molecule has 88 valence electrons. The van der Waals surface area contributed by atoms with E-state index in [1.54, 1.807) is 12.1 Å². The number of ketones is 1. The molecule has 0 fully saturated rings. The Morgan fingerprint density at radius 2 is 2.00 bits per heavy atom. The number of hydrogen-bond donors (Lipinski definition) is 0. The zero-order valence-electron chi connectivity index (χ0n) is 9.39. The topological polar surface area (TPSA) is 37.4 Å². The van der Waals surface area contributed by atoms with Crippen LogP contribution in [0, 0.1) is 5.82 Å². The zero-order chi connectivity index (χ0) is 12.4. The fraction of sp³-hybridized carbons (Fsp3) is 0.231. The minimum atomic E-state index is -0.333. The summed E-state index contributed by atoms with van der Waals surface area (Å²) in [6, 6.07) is 5.53. The highest BCUT2D eigenvalue weighted by Gasteiger charge is 2.26. The lowest BCUT2D eigenvalue weighted by Crippen LogP contribution is -2.32. The van der Waals surface area contributed by atoms with Crippen LogP contribution in [-0.2, 0) is 9.59 Å². The molecule has 0 radical (unpaired) electrons. The Hall–Kier alpha value is -1.97. The van der Waals surface area contributed by atoms with Crippen molar-refractivity contribution in [1.82, 2.24) is 4.90 Å². The lowest BCUT2D eigenvalue weighted by Gasteiger charge is -2.30. The van der Waals surface area contributed by atoms with Crippen molar-refractivity contribution in [3.05, 3.63) is 47.9 Å². The second-order valence-corrected chi connectivity index (χ2v) is 3.98. The van der Waals surface area contributed by atoms with E-state index in [0.717, 1.165) is 5.56 Å². The van der Waals surface area contributed by atoms with Crippen LogP contribution >= 0.6 is 0 Å². The summed E-state index contributed by atoms with van der Waals surface area (Å²) in [5.41, 5.74) is 0.763. The summed E-state index contributed by atoms with van der Waals surface area (Å²) >= 11 is 0. The molecule has 3 nitrogen and oxygen atoms in total. The summed E-state index contributed by atoms with van der Waals surface area (Å²) in [6.07, 6.45) is 3.12. The van der Waals surface area contributed by atoms with Gasteiger partial charge in [-0.15, -0.1) is 0 Å². The molecule has 1 aromatic rings. The van der Waals surface area contributed by atoms with E-state index in [4.69, 9.17) is 0 Å². The molecule has 1 amide bonds. The molecule has 1 atom stereocenters. The standard InChI is InChI=1S/C13H12FNO2/c1-9(16)15-7-6-12(17)8-13(15)10-2-4-11(14)5-3-10/h2-7,13H,8H2,1H3. The van der Waals surface area contributed by atoms with E-state index >= 15 is 0 Å². The van der Waals surface area contributed by atoms with Crippen LogP contribution in [-0.4, -0.2) is 16.6 Å². The molecular weight excluding hydrogens is 221 g/mol. The summed E-state index contributed by atoms with van der Waals surface area (Å²) in [4.78, 5) is 24.3. The van der Waals surface area contributed by atoms with Gasteiger partial charge in [0.1, 0.15) is 5.82 Å². The van der Waals surface area contributed by atoms with Gasteiger partial charge in [0.25, 0.3) is 0 Å². The molecule has 17 heavy (non-hydrogen) atoms. The van der Waals surface area contributed by atoms with Crippen molar-refractivity contribution < 1.29 is 14.0 Å². The summed E-state index contributed by atoms with van der Waals surface area (Å²) < 4.78 is 12.8. The maximum Gasteiger partial charge on any atom is 0.223 e. The van der Waals surface area contributed by atoms with Crippen molar-refractivity contribution in [1.29, 1.82) is 0 Å². The molecule has 4 heteroatoms. The summed E-state index contributed by atoms with van der Waals surface area (Å²) in [6.45, 7) is 1.44. The molecule has 1 aromatic carbocycles. The Bertz CT molecular complexity index is 479. The first-order chi connectivity index (χ1) is 8.08. The molecular formula is C13H12FNO2. The Kier molecular flexibility index (Phi) is 3.04. The monoisotopic (exact) mass is 233 g/mol. The van der Waals surface area contributed by atoms with E-state index in [9.17, 15) is 14.0 Å². The van der Waals surface area contributed by atoms with Crippen LogP contribution < -0.4 is 0 Å². The zero-order valence-corrected chi connectivity index (χ0v) is 9.39. The molecule has 2 rings (SSSR count). The van der Waals surface area contributed by atoms with Crippen LogP contribution in [0.15, 0.2) is 36.5 Å². The summed E-state index contributed by atoms with van der Waals surface area (Å²) in [5.74, 6) is -0.499. The summed E-state index contributed by atoms with van der Waals surface area (Å²) in [7, 11) is 0. The number of allylic oxidation sites excluding steroid dienone is 1. The van der Waals surface area contributed by atoms with Crippen LogP contribution in [0.2, 0.25) is 0 Å². The normalized spacial score (nSPS) is 19.5. The van der Waals surface area contributed by atoms with Crippen LogP contribution in [0.3, 0.4) is 0 Å². The molecule has 0 saturated carbocycles. The van der Waals surface area contributed by atoms with Gasteiger partial charge in [-0.25, -0.2) is 4.39 Å². The Morgan fingerprint density at radius 3 is 2.59 bits per heavy atom. The highest BCUT2D eigenvalue weighted by atomic mass is 19.1. The van der Waals surface area contributed by atoms with Gasteiger partial charge in [-0.1, -0.05) is 12.1 Å². The van der Waals surface area contributed by atoms with Crippen LogP contribution in [0.4, 0.5) is 4.39 Å². The average Bonchev–Trinajstić information content (AvgIpc) is 2.29. The van der Waals surface area contributed by atoms with Crippen LogP contribution in [0.25, 0.3) is 0 Å². The fourth-order valence-electron chi connectivity index (χ4n) is 1.91. The highest BCUT2D eigenvalue weighted by molar-refractivity contribution is 5.92. The van der Waals surface area contributed by atoms with Gasteiger partial charge < -0.3 is 4.90 Å². The van der Waals surface area contributed by atoms with Gasteiger partial charge in [0, 0.05) is 19.5 Å². The first-order valence-electron chi connectivity index (χ1n) is 5.33. The fourth-order valence-corrected chi connectivity index (χ4v) is 1.91. The van der Waals surface area contributed by atoms with Crippen molar-refractivity contribution in [2.24, 2.45) is 0 Å². The second kappa shape index (κ2) is 4.49. The van der Waals surface area contributed by atoms with Gasteiger partial charge in [-0.3, -0.25) is 9.59 Å². The molecule has 1 heterocycles. The molecule has 0 aromatic heterocycles. The third kappa shape index (κ3) is 2.41. The Balaban J connectivity index is 2.34. The second-order valence-electron chi connectivity index (χ2n) is 3.98. The molecule has 0 N–H and O–H groups in total. The Labute approximate surface area is 98.5 Å². The molecule has 1 aliphatic rings. The number of rotatable bonds is 1. The van der Waals surface area contributed by atoms with Crippen LogP contribution in [0.5, 0.6) is 0 Å². The predicted molar refractivity (Wildman–Crippen MR) is 60.4 cm³/mol. The van der Waals surface area contributed by atoms with Gasteiger partial charge in [-0.05, 0) is 23.8 Å². The van der Waals surface area contributed by atoms with E-state index in [-0.39, 0.29) is 30.0 Å². The maximum atomic E-state index is 12.8. The lowest BCUT2D eigenvalue weighted by atomic mass is 9.97. The van der Waals surface area contributed by atoms with Crippen molar-refractivity contribution >= 4 is 11.7 Å².